The van der Waals surface area contributed by atoms with Crippen LogP contribution in [0.25, 0.3) is 0 Å². The lowest BCUT2D eigenvalue weighted by atomic mass is 9.98. The van der Waals surface area contributed by atoms with Gasteiger partial charge in [-0.1, -0.05) is 12.5 Å². The monoisotopic (exact) mass is 195 g/mol. The van der Waals surface area contributed by atoms with Gasteiger partial charge in [0.05, 0.1) is 0 Å². The number of unbranched alkanes of at least 4 members (excludes halogenated alkanes) is 3. The highest BCUT2D eigenvalue weighted by atomic mass is 15.0. The Labute approximate surface area is 89.0 Å². The summed E-state index contributed by atoms with van der Waals surface area (Å²) in [6.07, 6.45) is 9.99. The summed E-state index contributed by atoms with van der Waals surface area (Å²) in [4.78, 5) is 0. The molecule has 0 bridgehead atoms. The maximum Gasteiger partial charge on any atom is 0.0153 e. The first-order chi connectivity index (χ1) is 6.67. The number of rotatable bonds is 8. The third-order valence-corrected chi connectivity index (χ3v) is 3.26. The smallest absolute Gasteiger partial charge is 0.0153 e. The van der Waals surface area contributed by atoms with Gasteiger partial charge in [-0.2, -0.15) is 0 Å². The van der Waals surface area contributed by atoms with Crippen LogP contribution in [0.2, 0.25) is 0 Å². The van der Waals surface area contributed by atoms with Crippen molar-refractivity contribution in [2.75, 3.05) is 6.54 Å². The number of hydrogen-bond acceptors (Lipinski definition) is 1. The van der Waals surface area contributed by atoms with Crippen molar-refractivity contribution in [3.63, 3.8) is 0 Å². The quantitative estimate of drug-likeness (QED) is 0.461. The predicted octanol–water partition coefficient (Wildman–Crippen LogP) is 3.51. The molecular weight excluding hydrogens is 170 g/mol. The van der Waals surface area contributed by atoms with Crippen molar-refractivity contribution in [3.05, 3.63) is 12.7 Å². The molecule has 0 atom stereocenters. The van der Waals surface area contributed by atoms with Gasteiger partial charge < -0.3 is 5.32 Å². The Morgan fingerprint density at radius 3 is 2.57 bits per heavy atom. The lowest BCUT2D eigenvalue weighted by Gasteiger charge is -2.26. The molecule has 14 heavy (non-hydrogen) atoms. The van der Waals surface area contributed by atoms with E-state index in [1.165, 1.54) is 45.1 Å². The Morgan fingerprint density at radius 1 is 1.29 bits per heavy atom. The minimum Gasteiger partial charge on any atom is -0.312 e. The molecule has 1 nitrogen and oxygen atoms in total. The first-order valence-electron chi connectivity index (χ1n) is 6.03. The fourth-order valence-corrected chi connectivity index (χ4v) is 1.95. The standard InChI is InChI=1S/C13H25N/c1-4-5-6-7-8-11-14-13(2,3)12-9-10-12/h4,12,14H,1,5-11H2,2-3H3. The molecule has 0 saturated heterocycles. The van der Waals surface area contributed by atoms with E-state index < -0.39 is 0 Å². The highest BCUT2D eigenvalue weighted by Crippen LogP contribution is 2.39. The van der Waals surface area contributed by atoms with Crippen LogP contribution < -0.4 is 5.32 Å². The number of allylic oxidation sites excluding steroid dienone is 1. The van der Waals surface area contributed by atoms with Crippen LogP contribution >= 0.6 is 0 Å². The number of nitrogens with one attached hydrogen (secondary N) is 1. The molecule has 82 valence electrons. The molecule has 1 N–H and O–H groups in total. The van der Waals surface area contributed by atoms with Crippen LogP contribution in [-0.4, -0.2) is 12.1 Å². The Balaban J connectivity index is 1.94. The molecule has 0 radical (unpaired) electrons. The second kappa shape index (κ2) is 5.55. The van der Waals surface area contributed by atoms with Gasteiger partial charge in [0.15, 0.2) is 0 Å². The van der Waals surface area contributed by atoms with Gasteiger partial charge >= 0.3 is 0 Å². The lowest BCUT2D eigenvalue weighted by Crippen LogP contribution is -2.41. The zero-order valence-electron chi connectivity index (χ0n) is 9.81. The van der Waals surface area contributed by atoms with Crippen LogP contribution in [0, 0.1) is 5.92 Å². The Hall–Kier alpha value is -0.300. The molecule has 0 aromatic heterocycles. The zero-order valence-corrected chi connectivity index (χ0v) is 9.81. The second-order valence-electron chi connectivity index (χ2n) is 5.06. The van der Waals surface area contributed by atoms with Gasteiger partial charge in [-0.05, 0) is 58.4 Å². The van der Waals surface area contributed by atoms with Crippen molar-refractivity contribution in [2.24, 2.45) is 5.92 Å². The Kier molecular flexibility index (Phi) is 4.67. The summed E-state index contributed by atoms with van der Waals surface area (Å²) < 4.78 is 0. The van der Waals surface area contributed by atoms with Crippen LogP contribution in [0.4, 0.5) is 0 Å². The molecular formula is C13H25N. The van der Waals surface area contributed by atoms with Crippen molar-refractivity contribution in [1.29, 1.82) is 0 Å². The number of hydrogen-bond donors (Lipinski definition) is 1. The topological polar surface area (TPSA) is 12.0 Å². The Bertz CT molecular complexity index is 168. The van der Waals surface area contributed by atoms with E-state index in [9.17, 15) is 0 Å². The molecule has 0 aromatic rings. The van der Waals surface area contributed by atoms with Gasteiger partial charge in [-0.3, -0.25) is 0 Å². The van der Waals surface area contributed by atoms with Crippen molar-refractivity contribution < 1.29 is 0 Å². The maximum atomic E-state index is 3.73. The summed E-state index contributed by atoms with van der Waals surface area (Å²) in [6, 6.07) is 0. The summed E-state index contributed by atoms with van der Waals surface area (Å²) in [5.74, 6) is 0.940. The average molecular weight is 195 g/mol. The highest BCUT2D eigenvalue weighted by Gasteiger charge is 2.36. The fourth-order valence-electron chi connectivity index (χ4n) is 1.95. The summed E-state index contributed by atoms with van der Waals surface area (Å²) in [7, 11) is 0. The third-order valence-electron chi connectivity index (χ3n) is 3.26. The van der Waals surface area contributed by atoms with Gasteiger partial charge in [0.2, 0.25) is 0 Å². The molecule has 0 spiro atoms. The average Bonchev–Trinajstić information content (AvgIpc) is 2.94. The molecule has 0 heterocycles. The van der Waals surface area contributed by atoms with Gasteiger partial charge in [0, 0.05) is 5.54 Å². The Morgan fingerprint density at radius 2 is 2.00 bits per heavy atom. The van der Waals surface area contributed by atoms with Crippen molar-refractivity contribution >= 4 is 0 Å². The summed E-state index contributed by atoms with van der Waals surface area (Å²) in [6.45, 7) is 9.60. The normalized spacial score (nSPS) is 17.0. The second-order valence-corrected chi connectivity index (χ2v) is 5.06. The fraction of sp³-hybridized carbons (Fsp3) is 0.846. The van der Waals surface area contributed by atoms with E-state index in [2.05, 4.69) is 25.7 Å². The SMILES string of the molecule is C=CCCCCCNC(C)(C)C1CC1. The zero-order chi connectivity index (χ0) is 10.4. The van der Waals surface area contributed by atoms with Crippen molar-refractivity contribution in [3.8, 4) is 0 Å². The van der Waals surface area contributed by atoms with Crippen LogP contribution in [0.1, 0.15) is 52.4 Å². The minimum absolute atomic E-state index is 0.387. The van der Waals surface area contributed by atoms with Crippen LogP contribution in [0.15, 0.2) is 12.7 Å². The van der Waals surface area contributed by atoms with E-state index in [1.54, 1.807) is 0 Å². The van der Waals surface area contributed by atoms with E-state index >= 15 is 0 Å². The van der Waals surface area contributed by atoms with E-state index in [-0.39, 0.29) is 0 Å². The molecule has 1 rings (SSSR count). The van der Waals surface area contributed by atoms with Crippen LogP contribution in [0.5, 0.6) is 0 Å². The largest absolute Gasteiger partial charge is 0.312 e. The van der Waals surface area contributed by atoms with Gasteiger partial charge in [-0.25, -0.2) is 0 Å². The van der Waals surface area contributed by atoms with Crippen molar-refractivity contribution in [2.45, 2.75) is 57.9 Å². The molecule has 1 aliphatic rings. The molecule has 1 aliphatic carbocycles. The van der Waals surface area contributed by atoms with E-state index in [1.807, 2.05) is 6.08 Å². The van der Waals surface area contributed by atoms with Crippen LogP contribution in [0.3, 0.4) is 0 Å². The van der Waals surface area contributed by atoms with Gasteiger partial charge in [0.25, 0.3) is 0 Å². The minimum atomic E-state index is 0.387. The molecule has 1 heteroatoms. The van der Waals surface area contributed by atoms with Crippen LogP contribution in [-0.2, 0) is 0 Å². The van der Waals surface area contributed by atoms with E-state index in [0.717, 1.165) is 5.92 Å². The van der Waals surface area contributed by atoms with Gasteiger partial charge in [-0.15, -0.1) is 6.58 Å². The summed E-state index contributed by atoms with van der Waals surface area (Å²) in [5.41, 5.74) is 0.387. The predicted molar refractivity (Wildman–Crippen MR) is 63.5 cm³/mol. The third kappa shape index (κ3) is 4.28. The molecule has 0 unspecified atom stereocenters. The maximum absolute atomic E-state index is 3.73. The summed E-state index contributed by atoms with van der Waals surface area (Å²) >= 11 is 0. The lowest BCUT2D eigenvalue weighted by molar-refractivity contribution is 0.338. The first kappa shape index (κ1) is 11.8. The molecule has 1 fully saturated rings. The molecule has 0 aromatic carbocycles. The van der Waals surface area contributed by atoms with E-state index in [4.69, 9.17) is 0 Å². The highest BCUT2D eigenvalue weighted by molar-refractivity contribution is 4.94. The molecule has 1 saturated carbocycles. The first-order valence-corrected chi connectivity index (χ1v) is 6.03. The van der Waals surface area contributed by atoms with E-state index in [0.29, 0.717) is 5.54 Å². The molecule has 0 aliphatic heterocycles. The summed E-state index contributed by atoms with van der Waals surface area (Å²) in [5, 5.41) is 3.67. The van der Waals surface area contributed by atoms with Crippen molar-refractivity contribution in [1.82, 2.24) is 5.32 Å². The van der Waals surface area contributed by atoms with Gasteiger partial charge in [0.1, 0.15) is 0 Å². The molecule has 0 amide bonds.